The Morgan fingerprint density at radius 3 is 2.32 bits per heavy atom. The molecule has 0 spiro atoms. The lowest BCUT2D eigenvalue weighted by Crippen LogP contribution is -2.29. The van der Waals surface area contributed by atoms with Crippen LogP contribution in [0.5, 0.6) is 11.5 Å². The Kier molecular flexibility index (Phi) is 5.71. The molecule has 172 valence electrons. The predicted molar refractivity (Wildman–Crippen MR) is 138 cm³/mol. The van der Waals surface area contributed by atoms with Gasteiger partial charge in [-0.15, -0.1) is 0 Å². The highest BCUT2D eigenvalue weighted by atomic mass is 32.1. The van der Waals surface area contributed by atoms with E-state index in [9.17, 15) is 5.11 Å². The number of ether oxygens (including phenoxy) is 1. The van der Waals surface area contributed by atoms with Crippen LogP contribution in [0.25, 0.3) is 5.69 Å². The van der Waals surface area contributed by atoms with Gasteiger partial charge in [0.05, 0.1) is 24.9 Å². The van der Waals surface area contributed by atoms with Crippen molar-refractivity contribution in [3.8, 4) is 17.2 Å². The number of hydrogen-bond donors (Lipinski definition) is 2. The lowest BCUT2D eigenvalue weighted by molar-refractivity contribution is 0.415. The molecule has 1 fully saturated rings. The van der Waals surface area contributed by atoms with Gasteiger partial charge in [0, 0.05) is 29.0 Å². The number of phenols is 1. The molecule has 2 atom stereocenters. The van der Waals surface area contributed by atoms with Gasteiger partial charge in [0.15, 0.2) is 5.11 Å². The van der Waals surface area contributed by atoms with Crippen LogP contribution >= 0.6 is 12.2 Å². The van der Waals surface area contributed by atoms with Crippen molar-refractivity contribution >= 4 is 23.0 Å². The van der Waals surface area contributed by atoms with Gasteiger partial charge in [0.25, 0.3) is 0 Å². The van der Waals surface area contributed by atoms with Crippen LogP contribution < -0.4 is 15.0 Å². The van der Waals surface area contributed by atoms with Crippen LogP contribution in [0.2, 0.25) is 0 Å². The number of nitrogens with zero attached hydrogens (tertiary/aromatic N) is 3. The fourth-order valence-electron chi connectivity index (χ4n) is 4.78. The summed E-state index contributed by atoms with van der Waals surface area (Å²) in [6.07, 6.45) is 1.81. The third-order valence-electron chi connectivity index (χ3n) is 6.35. The van der Waals surface area contributed by atoms with Gasteiger partial charge in [-0.3, -0.25) is 4.98 Å². The number of anilines is 1. The second kappa shape index (κ2) is 8.83. The first-order valence-electron chi connectivity index (χ1n) is 11.1. The molecule has 2 N–H and O–H groups in total. The summed E-state index contributed by atoms with van der Waals surface area (Å²) < 4.78 is 7.56. The van der Waals surface area contributed by atoms with E-state index in [0.717, 1.165) is 39.8 Å². The highest BCUT2D eigenvalue weighted by Crippen LogP contribution is 2.44. The standard InChI is InChI=1S/C27H26N4O2S/c1-17-16-23(18(2)30(17)19-7-11-21(32)12-8-19)26-25(24-6-4-5-15-28-24)29-27(34)31(26)20-9-13-22(33-3)14-10-20/h4-16,25-26,32H,1-3H3,(H,29,34)/t25-,26-/m0/s1. The Balaban J connectivity index is 1.66. The zero-order valence-corrected chi connectivity index (χ0v) is 20.1. The fraction of sp³-hybridized carbons (Fsp3) is 0.185. The number of hydrogen-bond acceptors (Lipinski definition) is 4. The van der Waals surface area contributed by atoms with E-state index >= 15 is 0 Å². The van der Waals surface area contributed by atoms with E-state index in [-0.39, 0.29) is 17.8 Å². The van der Waals surface area contributed by atoms with Crippen LogP contribution in [0.1, 0.15) is 34.7 Å². The lowest BCUT2D eigenvalue weighted by atomic mass is 9.96. The van der Waals surface area contributed by atoms with Gasteiger partial charge in [0.2, 0.25) is 0 Å². The molecular weight excluding hydrogens is 444 g/mol. The van der Waals surface area contributed by atoms with Gasteiger partial charge in [-0.2, -0.15) is 0 Å². The number of phenolic OH excluding ortho intramolecular Hbond substituents is 1. The van der Waals surface area contributed by atoms with Crippen molar-refractivity contribution in [3.63, 3.8) is 0 Å². The summed E-state index contributed by atoms with van der Waals surface area (Å²) in [5, 5.41) is 13.9. The minimum Gasteiger partial charge on any atom is -0.508 e. The maximum Gasteiger partial charge on any atom is 0.174 e. The highest BCUT2D eigenvalue weighted by molar-refractivity contribution is 7.80. The van der Waals surface area contributed by atoms with Crippen LogP contribution in [0.15, 0.2) is 79.0 Å². The van der Waals surface area contributed by atoms with Gasteiger partial charge in [-0.05, 0) is 98.4 Å². The van der Waals surface area contributed by atoms with E-state index in [1.165, 1.54) is 0 Å². The van der Waals surface area contributed by atoms with Gasteiger partial charge in [-0.25, -0.2) is 0 Å². The molecule has 1 saturated heterocycles. The van der Waals surface area contributed by atoms with E-state index in [1.807, 2.05) is 60.8 Å². The molecular formula is C27H26N4O2S. The first-order chi connectivity index (χ1) is 16.5. The fourth-order valence-corrected chi connectivity index (χ4v) is 5.12. The summed E-state index contributed by atoms with van der Waals surface area (Å²) in [5.74, 6) is 1.04. The second-order valence-corrected chi connectivity index (χ2v) is 8.76. The van der Waals surface area contributed by atoms with Crippen molar-refractivity contribution < 1.29 is 9.84 Å². The third-order valence-corrected chi connectivity index (χ3v) is 6.66. The molecule has 0 saturated carbocycles. The zero-order valence-electron chi connectivity index (χ0n) is 19.3. The van der Waals surface area contributed by atoms with Crippen LogP contribution in [0, 0.1) is 13.8 Å². The molecule has 0 radical (unpaired) electrons. The maximum absolute atomic E-state index is 9.75. The van der Waals surface area contributed by atoms with Crippen LogP contribution in [0.3, 0.4) is 0 Å². The number of aromatic nitrogens is 2. The molecule has 2 aromatic carbocycles. The summed E-state index contributed by atoms with van der Waals surface area (Å²) in [4.78, 5) is 6.81. The molecule has 4 aromatic rings. The van der Waals surface area contributed by atoms with Crippen molar-refractivity contribution in [1.82, 2.24) is 14.9 Å². The Labute approximate surface area is 204 Å². The summed E-state index contributed by atoms with van der Waals surface area (Å²) in [7, 11) is 1.66. The Hall–Kier alpha value is -3.84. The van der Waals surface area contributed by atoms with E-state index in [1.54, 1.807) is 19.2 Å². The number of pyridine rings is 1. The molecule has 7 heteroatoms. The second-order valence-electron chi connectivity index (χ2n) is 8.37. The number of rotatable bonds is 5. The number of aromatic hydroxyl groups is 1. The lowest BCUT2D eigenvalue weighted by Gasteiger charge is -2.28. The normalized spacial score (nSPS) is 17.6. The smallest absolute Gasteiger partial charge is 0.174 e. The molecule has 5 rings (SSSR count). The first-order valence-corrected chi connectivity index (χ1v) is 11.5. The van der Waals surface area contributed by atoms with Gasteiger partial charge in [0.1, 0.15) is 11.5 Å². The monoisotopic (exact) mass is 470 g/mol. The Morgan fingerprint density at radius 2 is 1.68 bits per heavy atom. The third kappa shape index (κ3) is 3.78. The number of methoxy groups -OCH3 is 1. The van der Waals surface area contributed by atoms with Crippen LogP contribution in [-0.2, 0) is 0 Å². The molecule has 0 bridgehead atoms. The van der Waals surface area contributed by atoms with Crippen molar-refractivity contribution in [3.05, 3.63) is 102 Å². The molecule has 2 aromatic heterocycles. The van der Waals surface area contributed by atoms with E-state index in [0.29, 0.717) is 5.11 Å². The number of benzene rings is 2. The Morgan fingerprint density at radius 1 is 0.971 bits per heavy atom. The number of aryl methyl sites for hydroxylation is 1. The molecule has 0 unspecified atom stereocenters. The average molecular weight is 471 g/mol. The number of thiocarbonyl (C=S) groups is 1. The number of nitrogens with one attached hydrogen (secondary N) is 1. The molecule has 3 heterocycles. The topological polar surface area (TPSA) is 62.5 Å². The SMILES string of the molecule is COc1ccc(N2C(=S)N[C@@H](c3ccccn3)[C@@H]2c2cc(C)n(-c3ccc(O)cc3)c2C)cc1. The summed E-state index contributed by atoms with van der Waals surface area (Å²) in [6, 6.07) is 23.2. The first kappa shape index (κ1) is 22.0. The summed E-state index contributed by atoms with van der Waals surface area (Å²) in [6.45, 7) is 4.22. The van der Waals surface area contributed by atoms with Crippen molar-refractivity contribution in [2.45, 2.75) is 25.9 Å². The van der Waals surface area contributed by atoms with E-state index in [2.05, 4.69) is 39.7 Å². The average Bonchev–Trinajstić information content (AvgIpc) is 3.35. The predicted octanol–water partition coefficient (Wildman–Crippen LogP) is 5.38. The largest absolute Gasteiger partial charge is 0.508 e. The molecule has 1 aliphatic heterocycles. The zero-order chi connectivity index (χ0) is 23.8. The molecule has 6 nitrogen and oxygen atoms in total. The molecule has 34 heavy (non-hydrogen) atoms. The minimum absolute atomic E-state index is 0.104. The summed E-state index contributed by atoms with van der Waals surface area (Å²) >= 11 is 5.85. The Bertz CT molecular complexity index is 1320. The van der Waals surface area contributed by atoms with E-state index < -0.39 is 0 Å². The van der Waals surface area contributed by atoms with Crippen molar-refractivity contribution in [2.24, 2.45) is 0 Å². The summed E-state index contributed by atoms with van der Waals surface area (Å²) in [5.41, 5.74) is 6.28. The maximum atomic E-state index is 9.75. The minimum atomic E-state index is -0.121. The van der Waals surface area contributed by atoms with Gasteiger partial charge in [-0.1, -0.05) is 6.07 Å². The molecule has 0 aliphatic carbocycles. The van der Waals surface area contributed by atoms with Crippen LogP contribution in [0.4, 0.5) is 5.69 Å². The molecule has 1 aliphatic rings. The van der Waals surface area contributed by atoms with Gasteiger partial charge < -0.3 is 24.6 Å². The van der Waals surface area contributed by atoms with E-state index in [4.69, 9.17) is 17.0 Å². The van der Waals surface area contributed by atoms with Gasteiger partial charge >= 0.3 is 0 Å². The molecule has 0 amide bonds. The van der Waals surface area contributed by atoms with Crippen molar-refractivity contribution in [2.75, 3.05) is 12.0 Å². The highest BCUT2D eigenvalue weighted by Gasteiger charge is 2.42. The quantitative estimate of drug-likeness (QED) is 0.382. The van der Waals surface area contributed by atoms with Crippen molar-refractivity contribution in [1.29, 1.82) is 0 Å². The van der Waals surface area contributed by atoms with Crippen LogP contribution in [-0.4, -0.2) is 26.9 Å².